The van der Waals surface area contributed by atoms with Crippen LogP contribution in [0.3, 0.4) is 0 Å². The number of phenols is 1. The predicted octanol–water partition coefficient (Wildman–Crippen LogP) is 3.31. The maximum absolute atomic E-state index is 9.67. The smallest absolute Gasteiger partial charge is 0.176 e. The van der Waals surface area contributed by atoms with Gasteiger partial charge in [-0.15, -0.1) is 0 Å². The van der Waals surface area contributed by atoms with Gasteiger partial charge >= 0.3 is 0 Å². The first-order valence-corrected chi connectivity index (χ1v) is 6.75. The third-order valence-electron chi connectivity index (χ3n) is 3.51. The van der Waals surface area contributed by atoms with E-state index in [-0.39, 0.29) is 12.4 Å². The van der Waals surface area contributed by atoms with Crippen LogP contribution in [0, 0.1) is 0 Å². The largest absolute Gasteiger partial charge is 0.504 e. The molecule has 0 aliphatic rings. The number of rotatable bonds is 4. The highest BCUT2D eigenvalue weighted by Gasteiger charge is 2.13. The molecule has 1 aromatic heterocycles. The predicted molar refractivity (Wildman–Crippen MR) is 82.3 cm³/mol. The summed E-state index contributed by atoms with van der Waals surface area (Å²) in [6.45, 7) is -0.0696. The number of aliphatic hydroxyl groups excluding tert-OH is 1. The molecule has 2 aromatic carbocycles. The molecule has 0 bridgehead atoms. The molecular weight excluding hydrogens is 284 g/mol. The van der Waals surface area contributed by atoms with Gasteiger partial charge in [0.25, 0.3) is 0 Å². The van der Waals surface area contributed by atoms with Gasteiger partial charge < -0.3 is 24.1 Å². The topological polar surface area (TPSA) is 72.1 Å². The average Bonchev–Trinajstić information content (AvgIpc) is 2.98. The summed E-state index contributed by atoms with van der Waals surface area (Å²) in [4.78, 5) is 0. The monoisotopic (exact) mass is 300 g/mol. The Morgan fingerprint density at radius 3 is 2.45 bits per heavy atom. The number of benzene rings is 2. The first kappa shape index (κ1) is 14.3. The van der Waals surface area contributed by atoms with Gasteiger partial charge in [0, 0.05) is 10.9 Å². The summed E-state index contributed by atoms with van der Waals surface area (Å²) in [5, 5.41) is 19.8. The molecule has 0 fully saturated rings. The van der Waals surface area contributed by atoms with Crippen molar-refractivity contribution in [2.75, 3.05) is 14.2 Å². The van der Waals surface area contributed by atoms with Gasteiger partial charge in [-0.05, 0) is 42.0 Å². The van der Waals surface area contributed by atoms with Gasteiger partial charge in [-0.3, -0.25) is 0 Å². The zero-order valence-corrected chi connectivity index (χ0v) is 12.3. The van der Waals surface area contributed by atoms with Crippen molar-refractivity contribution in [1.82, 2.24) is 0 Å². The first-order valence-electron chi connectivity index (χ1n) is 6.75. The van der Waals surface area contributed by atoms with Crippen LogP contribution in [0.4, 0.5) is 0 Å². The minimum Gasteiger partial charge on any atom is -0.504 e. The van der Waals surface area contributed by atoms with Crippen LogP contribution in [0.25, 0.3) is 22.3 Å². The lowest BCUT2D eigenvalue weighted by molar-refractivity contribution is 0.281. The lowest BCUT2D eigenvalue weighted by Gasteiger charge is -2.05. The molecule has 2 N–H and O–H groups in total. The lowest BCUT2D eigenvalue weighted by Crippen LogP contribution is -1.87. The van der Waals surface area contributed by atoms with Crippen LogP contribution >= 0.6 is 0 Å². The molecule has 3 rings (SSSR count). The number of aliphatic hydroxyl groups is 1. The highest BCUT2D eigenvalue weighted by Crippen LogP contribution is 2.37. The van der Waals surface area contributed by atoms with Gasteiger partial charge in [0.2, 0.25) is 0 Å². The number of phenolic OH excluding ortho intramolecular Hbond substituents is 1. The molecule has 0 saturated carbocycles. The molecule has 22 heavy (non-hydrogen) atoms. The van der Waals surface area contributed by atoms with E-state index in [4.69, 9.17) is 13.9 Å². The molecule has 1 heterocycles. The van der Waals surface area contributed by atoms with Crippen molar-refractivity contribution in [3.8, 4) is 28.6 Å². The Kier molecular flexibility index (Phi) is 3.65. The van der Waals surface area contributed by atoms with Gasteiger partial charge in [0.15, 0.2) is 22.8 Å². The molecular formula is C17H16O5. The van der Waals surface area contributed by atoms with Crippen LogP contribution in [0.2, 0.25) is 0 Å². The zero-order chi connectivity index (χ0) is 15.7. The Morgan fingerprint density at radius 1 is 1.00 bits per heavy atom. The SMILES string of the molecule is COc1cc(-c2cc3cc(CO)cc(OC)c3o2)ccc1O. The van der Waals surface area contributed by atoms with Gasteiger partial charge in [0.05, 0.1) is 20.8 Å². The number of aromatic hydroxyl groups is 1. The van der Waals surface area contributed by atoms with E-state index in [0.717, 1.165) is 16.5 Å². The van der Waals surface area contributed by atoms with E-state index in [2.05, 4.69) is 0 Å². The van der Waals surface area contributed by atoms with E-state index in [1.807, 2.05) is 12.1 Å². The molecule has 5 nitrogen and oxygen atoms in total. The summed E-state index contributed by atoms with van der Waals surface area (Å²) in [6.07, 6.45) is 0. The number of furan rings is 1. The Hall–Kier alpha value is -2.66. The third-order valence-corrected chi connectivity index (χ3v) is 3.51. The molecule has 0 spiro atoms. The fraction of sp³-hybridized carbons (Fsp3) is 0.176. The molecule has 3 aromatic rings. The van der Waals surface area contributed by atoms with Crippen LogP contribution in [0.1, 0.15) is 5.56 Å². The Balaban J connectivity index is 2.16. The van der Waals surface area contributed by atoms with Crippen LogP contribution in [-0.4, -0.2) is 24.4 Å². The molecule has 0 amide bonds. The summed E-state index contributed by atoms with van der Waals surface area (Å²) < 4.78 is 16.3. The first-order chi connectivity index (χ1) is 10.7. The number of fused-ring (bicyclic) bond motifs is 1. The second-order valence-corrected chi connectivity index (χ2v) is 4.87. The second-order valence-electron chi connectivity index (χ2n) is 4.87. The fourth-order valence-electron chi connectivity index (χ4n) is 2.40. The van der Waals surface area contributed by atoms with Crippen LogP contribution < -0.4 is 9.47 Å². The van der Waals surface area contributed by atoms with Crippen molar-refractivity contribution < 1.29 is 24.1 Å². The van der Waals surface area contributed by atoms with Crippen molar-refractivity contribution in [3.05, 3.63) is 42.0 Å². The summed E-state index contributed by atoms with van der Waals surface area (Å²) in [5.41, 5.74) is 2.14. The number of hydrogen-bond acceptors (Lipinski definition) is 5. The molecule has 0 saturated heterocycles. The highest BCUT2D eigenvalue weighted by atomic mass is 16.5. The Bertz CT molecular complexity index is 819. The summed E-state index contributed by atoms with van der Waals surface area (Å²) in [6, 6.07) is 10.5. The second kappa shape index (κ2) is 5.61. The van der Waals surface area contributed by atoms with E-state index in [9.17, 15) is 10.2 Å². The molecule has 0 radical (unpaired) electrons. The van der Waals surface area contributed by atoms with Crippen LogP contribution in [0.15, 0.2) is 40.8 Å². The van der Waals surface area contributed by atoms with Crippen molar-refractivity contribution in [3.63, 3.8) is 0 Å². The van der Waals surface area contributed by atoms with E-state index < -0.39 is 0 Å². The normalized spacial score (nSPS) is 10.9. The van der Waals surface area contributed by atoms with E-state index in [0.29, 0.717) is 22.8 Å². The lowest BCUT2D eigenvalue weighted by atomic mass is 10.1. The minimum atomic E-state index is -0.0696. The zero-order valence-electron chi connectivity index (χ0n) is 12.3. The molecule has 114 valence electrons. The van der Waals surface area contributed by atoms with Gasteiger partial charge in [-0.25, -0.2) is 0 Å². The standard InChI is InChI=1S/C17H16O5/c1-20-15-7-11(3-4-13(15)19)14-8-12-5-10(9-18)6-16(21-2)17(12)22-14/h3-8,18-19H,9H2,1-2H3. The van der Waals surface area contributed by atoms with Gasteiger partial charge in [-0.2, -0.15) is 0 Å². The Labute approximate surface area is 127 Å². The van der Waals surface area contributed by atoms with Crippen molar-refractivity contribution in [2.24, 2.45) is 0 Å². The summed E-state index contributed by atoms with van der Waals surface area (Å²) >= 11 is 0. The minimum absolute atomic E-state index is 0.0696. The summed E-state index contributed by atoms with van der Waals surface area (Å²) in [7, 11) is 3.05. The van der Waals surface area contributed by atoms with E-state index in [1.165, 1.54) is 7.11 Å². The Morgan fingerprint density at radius 2 is 1.77 bits per heavy atom. The van der Waals surface area contributed by atoms with Crippen molar-refractivity contribution in [2.45, 2.75) is 6.61 Å². The van der Waals surface area contributed by atoms with Crippen molar-refractivity contribution in [1.29, 1.82) is 0 Å². The number of methoxy groups -OCH3 is 2. The highest BCUT2D eigenvalue weighted by molar-refractivity contribution is 5.88. The quantitative estimate of drug-likeness (QED) is 0.773. The average molecular weight is 300 g/mol. The van der Waals surface area contributed by atoms with Gasteiger partial charge in [-0.1, -0.05) is 0 Å². The maximum atomic E-state index is 9.67. The molecule has 5 heteroatoms. The fourth-order valence-corrected chi connectivity index (χ4v) is 2.40. The maximum Gasteiger partial charge on any atom is 0.176 e. The molecule has 0 aliphatic carbocycles. The van der Waals surface area contributed by atoms with E-state index in [1.54, 1.807) is 31.4 Å². The number of ether oxygens (including phenoxy) is 2. The van der Waals surface area contributed by atoms with Gasteiger partial charge in [0.1, 0.15) is 5.76 Å². The molecule has 0 unspecified atom stereocenters. The third kappa shape index (κ3) is 2.35. The summed E-state index contributed by atoms with van der Waals surface area (Å²) in [5.74, 6) is 1.64. The van der Waals surface area contributed by atoms with Crippen molar-refractivity contribution >= 4 is 11.0 Å². The molecule has 0 atom stereocenters. The number of hydrogen-bond donors (Lipinski definition) is 2. The molecule has 0 aliphatic heterocycles. The van der Waals surface area contributed by atoms with Crippen LogP contribution in [0.5, 0.6) is 17.2 Å². The van der Waals surface area contributed by atoms with E-state index >= 15 is 0 Å². The van der Waals surface area contributed by atoms with Crippen LogP contribution in [-0.2, 0) is 6.61 Å².